The largest absolute Gasteiger partial charge is 0.461 e. The van der Waals surface area contributed by atoms with E-state index < -0.39 is 0 Å². The van der Waals surface area contributed by atoms with Crippen molar-refractivity contribution in [2.24, 2.45) is 0 Å². The fourth-order valence-corrected chi connectivity index (χ4v) is 2.15. The quantitative estimate of drug-likeness (QED) is 0.563. The Balaban J connectivity index is 2.59. The summed E-state index contributed by atoms with van der Waals surface area (Å²) in [5, 5.41) is 2.23. The van der Waals surface area contributed by atoms with Crippen LogP contribution in [0.4, 0.5) is 0 Å². The van der Waals surface area contributed by atoms with Gasteiger partial charge in [0.05, 0.1) is 5.52 Å². The van der Waals surface area contributed by atoms with E-state index in [1.165, 1.54) is 5.56 Å². The van der Waals surface area contributed by atoms with Gasteiger partial charge in [0.25, 0.3) is 0 Å². The summed E-state index contributed by atoms with van der Waals surface area (Å²) in [5.41, 5.74) is 4.23. The Morgan fingerprint density at radius 1 is 1.00 bits per heavy atom. The van der Waals surface area contributed by atoms with E-state index in [0.717, 1.165) is 33.3 Å². The minimum absolute atomic E-state index is 0.939. The SMILES string of the molecule is Cc1ccc2nc(C)c3cc(C)oc3c2c1. The van der Waals surface area contributed by atoms with Crippen molar-refractivity contribution < 1.29 is 4.42 Å². The molecule has 2 aromatic heterocycles. The monoisotopic (exact) mass is 211 g/mol. The van der Waals surface area contributed by atoms with Crippen LogP contribution < -0.4 is 0 Å². The van der Waals surface area contributed by atoms with E-state index in [0.29, 0.717) is 0 Å². The van der Waals surface area contributed by atoms with Crippen molar-refractivity contribution in [3.63, 3.8) is 0 Å². The van der Waals surface area contributed by atoms with Crippen molar-refractivity contribution in [2.75, 3.05) is 0 Å². The Morgan fingerprint density at radius 3 is 2.62 bits per heavy atom. The summed E-state index contributed by atoms with van der Waals surface area (Å²) in [6.07, 6.45) is 0. The number of aryl methyl sites for hydroxylation is 3. The first-order valence-corrected chi connectivity index (χ1v) is 5.42. The van der Waals surface area contributed by atoms with E-state index in [2.05, 4.69) is 36.2 Å². The van der Waals surface area contributed by atoms with Crippen LogP contribution >= 0.6 is 0 Å². The van der Waals surface area contributed by atoms with E-state index in [4.69, 9.17) is 4.42 Å². The molecule has 0 saturated heterocycles. The zero-order chi connectivity index (χ0) is 11.3. The van der Waals surface area contributed by atoms with Crippen molar-refractivity contribution in [1.82, 2.24) is 4.98 Å². The first kappa shape index (κ1) is 9.40. The van der Waals surface area contributed by atoms with Gasteiger partial charge in [-0.05, 0) is 39.0 Å². The van der Waals surface area contributed by atoms with Gasteiger partial charge < -0.3 is 4.42 Å². The number of aromatic nitrogens is 1. The molecule has 0 spiro atoms. The van der Waals surface area contributed by atoms with E-state index in [9.17, 15) is 0 Å². The zero-order valence-electron chi connectivity index (χ0n) is 9.66. The van der Waals surface area contributed by atoms with E-state index in [1.54, 1.807) is 0 Å². The van der Waals surface area contributed by atoms with Gasteiger partial charge in [-0.1, -0.05) is 11.6 Å². The average molecular weight is 211 g/mol. The van der Waals surface area contributed by atoms with Gasteiger partial charge in [0.15, 0.2) is 0 Å². The van der Waals surface area contributed by atoms with Crippen LogP contribution in [0.15, 0.2) is 28.7 Å². The molecule has 0 amide bonds. The van der Waals surface area contributed by atoms with Crippen LogP contribution in [-0.4, -0.2) is 4.98 Å². The molecule has 2 heterocycles. The predicted octanol–water partition coefficient (Wildman–Crippen LogP) is 3.91. The van der Waals surface area contributed by atoms with Gasteiger partial charge in [-0.3, -0.25) is 4.98 Å². The summed E-state index contributed by atoms with van der Waals surface area (Å²) < 4.78 is 5.78. The Bertz CT molecular complexity index is 695. The molecular formula is C14H13NO. The van der Waals surface area contributed by atoms with Crippen LogP contribution in [0.5, 0.6) is 0 Å². The van der Waals surface area contributed by atoms with Crippen LogP contribution in [0.2, 0.25) is 0 Å². The van der Waals surface area contributed by atoms with E-state index in [1.807, 2.05) is 13.8 Å². The molecule has 3 rings (SSSR count). The van der Waals surface area contributed by atoms with Crippen molar-refractivity contribution in [3.05, 3.63) is 41.3 Å². The van der Waals surface area contributed by atoms with Gasteiger partial charge in [0, 0.05) is 16.5 Å². The molecule has 2 nitrogen and oxygen atoms in total. The van der Waals surface area contributed by atoms with Gasteiger partial charge in [-0.15, -0.1) is 0 Å². The molecule has 0 fully saturated rings. The lowest BCUT2D eigenvalue weighted by atomic mass is 10.1. The van der Waals surface area contributed by atoms with Crippen molar-refractivity contribution >= 4 is 21.9 Å². The number of pyridine rings is 1. The number of benzene rings is 1. The average Bonchev–Trinajstić information content (AvgIpc) is 2.62. The highest BCUT2D eigenvalue weighted by atomic mass is 16.3. The molecule has 0 aliphatic heterocycles. The molecule has 0 N–H and O–H groups in total. The molecule has 0 atom stereocenters. The summed E-state index contributed by atoms with van der Waals surface area (Å²) in [5.74, 6) is 0.939. The van der Waals surface area contributed by atoms with Gasteiger partial charge >= 0.3 is 0 Å². The molecule has 2 heteroatoms. The van der Waals surface area contributed by atoms with Gasteiger partial charge in [-0.2, -0.15) is 0 Å². The van der Waals surface area contributed by atoms with Crippen molar-refractivity contribution in [3.8, 4) is 0 Å². The van der Waals surface area contributed by atoms with E-state index >= 15 is 0 Å². The minimum Gasteiger partial charge on any atom is -0.461 e. The van der Waals surface area contributed by atoms with Crippen LogP contribution in [0, 0.1) is 20.8 Å². The topological polar surface area (TPSA) is 26.0 Å². The minimum atomic E-state index is 0.939. The number of hydrogen-bond acceptors (Lipinski definition) is 2. The lowest BCUT2D eigenvalue weighted by Gasteiger charge is -2.02. The highest BCUT2D eigenvalue weighted by Crippen LogP contribution is 2.29. The van der Waals surface area contributed by atoms with Gasteiger partial charge in [0.2, 0.25) is 0 Å². The standard InChI is InChI=1S/C14H13NO/c1-8-4-5-13-12(6-8)14-11(10(3)15-13)7-9(2)16-14/h4-7H,1-3H3. The number of fused-ring (bicyclic) bond motifs is 3. The van der Waals surface area contributed by atoms with E-state index in [-0.39, 0.29) is 0 Å². The first-order chi connectivity index (χ1) is 7.65. The molecule has 3 aromatic rings. The number of hydrogen-bond donors (Lipinski definition) is 0. The first-order valence-electron chi connectivity index (χ1n) is 5.42. The Hall–Kier alpha value is -1.83. The number of furan rings is 1. The lowest BCUT2D eigenvalue weighted by Crippen LogP contribution is -1.85. The zero-order valence-corrected chi connectivity index (χ0v) is 9.66. The third-order valence-electron chi connectivity index (χ3n) is 2.93. The smallest absolute Gasteiger partial charge is 0.145 e. The highest BCUT2D eigenvalue weighted by Gasteiger charge is 2.09. The summed E-state index contributed by atoms with van der Waals surface area (Å²) in [4.78, 5) is 4.60. The Morgan fingerprint density at radius 2 is 1.81 bits per heavy atom. The summed E-state index contributed by atoms with van der Waals surface area (Å²) >= 11 is 0. The molecule has 0 aliphatic rings. The summed E-state index contributed by atoms with van der Waals surface area (Å²) in [6, 6.07) is 8.32. The lowest BCUT2D eigenvalue weighted by molar-refractivity contribution is 0.581. The second kappa shape index (κ2) is 3.08. The van der Waals surface area contributed by atoms with Crippen molar-refractivity contribution in [1.29, 1.82) is 0 Å². The maximum absolute atomic E-state index is 5.78. The number of nitrogens with zero attached hydrogens (tertiary/aromatic N) is 1. The number of rotatable bonds is 0. The molecular weight excluding hydrogens is 198 g/mol. The third kappa shape index (κ3) is 1.23. The van der Waals surface area contributed by atoms with Crippen LogP contribution in [0.25, 0.3) is 21.9 Å². The fraction of sp³-hybridized carbons (Fsp3) is 0.214. The maximum atomic E-state index is 5.78. The predicted molar refractivity (Wildman–Crippen MR) is 65.7 cm³/mol. The van der Waals surface area contributed by atoms with Crippen molar-refractivity contribution in [2.45, 2.75) is 20.8 Å². The van der Waals surface area contributed by atoms with Crippen LogP contribution in [0.3, 0.4) is 0 Å². The molecule has 0 radical (unpaired) electrons. The maximum Gasteiger partial charge on any atom is 0.145 e. The third-order valence-corrected chi connectivity index (χ3v) is 2.93. The molecule has 0 saturated carbocycles. The fourth-order valence-electron chi connectivity index (χ4n) is 2.15. The summed E-state index contributed by atoms with van der Waals surface area (Å²) in [6.45, 7) is 6.08. The van der Waals surface area contributed by atoms with Crippen LogP contribution in [0.1, 0.15) is 17.0 Å². The Labute approximate surface area is 93.9 Å². The normalized spacial score (nSPS) is 11.4. The van der Waals surface area contributed by atoms with Gasteiger partial charge in [-0.25, -0.2) is 0 Å². The molecule has 0 aliphatic carbocycles. The Kier molecular flexibility index (Phi) is 1.81. The summed E-state index contributed by atoms with van der Waals surface area (Å²) in [7, 11) is 0. The molecule has 80 valence electrons. The molecule has 16 heavy (non-hydrogen) atoms. The van der Waals surface area contributed by atoms with Gasteiger partial charge in [0.1, 0.15) is 11.3 Å². The second-order valence-electron chi connectivity index (χ2n) is 4.32. The molecule has 0 unspecified atom stereocenters. The second-order valence-corrected chi connectivity index (χ2v) is 4.32. The molecule has 0 bridgehead atoms. The molecule has 1 aromatic carbocycles. The van der Waals surface area contributed by atoms with Crippen LogP contribution in [-0.2, 0) is 0 Å². The highest BCUT2D eigenvalue weighted by molar-refractivity contribution is 6.03.